The highest BCUT2D eigenvalue weighted by Gasteiger charge is 2.38. The molecule has 0 saturated heterocycles. The third-order valence-corrected chi connectivity index (χ3v) is 4.35. The van der Waals surface area contributed by atoms with E-state index in [2.05, 4.69) is 0 Å². The van der Waals surface area contributed by atoms with Crippen molar-refractivity contribution in [3.63, 3.8) is 0 Å². The molecule has 2 rings (SSSR count). The lowest BCUT2D eigenvalue weighted by Crippen LogP contribution is -2.18. The van der Waals surface area contributed by atoms with Gasteiger partial charge in [0.15, 0.2) is 0 Å². The summed E-state index contributed by atoms with van der Waals surface area (Å²) in [6, 6.07) is 3.72. The Morgan fingerprint density at radius 3 is 2.73 bits per heavy atom. The second-order valence-corrected chi connectivity index (χ2v) is 5.76. The molecule has 0 unspecified atom stereocenters. The molecule has 0 spiro atoms. The van der Waals surface area contributed by atoms with Gasteiger partial charge in [-0.1, -0.05) is 12.5 Å². The van der Waals surface area contributed by atoms with Crippen molar-refractivity contribution in [1.82, 2.24) is 0 Å². The molecule has 2 atom stereocenters. The van der Waals surface area contributed by atoms with Crippen molar-refractivity contribution in [2.24, 2.45) is 11.7 Å². The van der Waals surface area contributed by atoms with Crippen molar-refractivity contribution >= 4 is 13.1 Å². The van der Waals surface area contributed by atoms with E-state index in [1.54, 1.807) is 13.2 Å². The van der Waals surface area contributed by atoms with Gasteiger partial charge in [-0.25, -0.2) is 0 Å². The molecule has 1 aromatic carbocycles. The van der Waals surface area contributed by atoms with Crippen molar-refractivity contribution < 1.29 is 24.7 Å². The first kappa shape index (κ1) is 16.8. The van der Waals surface area contributed by atoms with Crippen molar-refractivity contribution in [2.75, 3.05) is 7.11 Å². The van der Waals surface area contributed by atoms with Crippen molar-refractivity contribution in [2.45, 2.75) is 38.0 Å². The Bertz CT molecular complexity index is 549. The van der Waals surface area contributed by atoms with Gasteiger partial charge >= 0.3 is 13.1 Å². The number of carboxylic acid groups (broad SMARTS) is 1. The average Bonchev–Trinajstić information content (AvgIpc) is 2.82. The number of hydrogen-bond donors (Lipinski definition) is 4. The van der Waals surface area contributed by atoms with Crippen LogP contribution in [0.25, 0.3) is 0 Å². The van der Waals surface area contributed by atoms with E-state index in [4.69, 9.17) is 20.5 Å². The van der Waals surface area contributed by atoms with Gasteiger partial charge in [-0.2, -0.15) is 0 Å². The highest BCUT2D eigenvalue weighted by molar-refractivity contribution is 6.40. The molecule has 0 radical (unpaired) electrons. The molecule has 1 aliphatic carbocycles. The zero-order valence-corrected chi connectivity index (χ0v) is 12.7. The monoisotopic (exact) mass is 307 g/mol. The van der Waals surface area contributed by atoms with Gasteiger partial charge in [-0.3, -0.25) is 4.79 Å². The first-order chi connectivity index (χ1) is 10.5. The summed E-state index contributed by atoms with van der Waals surface area (Å²) in [5.74, 6) is -0.842. The molecule has 0 bridgehead atoms. The van der Waals surface area contributed by atoms with Crippen LogP contribution in [-0.4, -0.2) is 35.4 Å². The fraction of sp³-hybridized carbons (Fsp3) is 0.533. The Hall–Kier alpha value is -1.57. The molecule has 0 fully saturated rings. The second-order valence-electron chi connectivity index (χ2n) is 5.76. The molecule has 6 nitrogen and oxygen atoms in total. The molecule has 120 valence electrons. The van der Waals surface area contributed by atoms with Crippen LogP contribution in [0, 0.1) is 5.92 Å². The molecule has 0 aliphatic heterocycles. The van der Waals surface area contributed by atoms with Crippen LogP contribution in [0.15, 0.2) is 12.1 Å². The average molecular weight is 307 g/mol. The Morgan fingerprint density at radius 2 is 2.18 bits per heavy atom. The number of rotatable bonds is 7. The summed E-state index contributed by atoms with van der Waals surface area (Å²) in [5, 5.41) is 27.4. The van der Waals surface area contributed by atoms with Gasteiger partial charge in [-0.05, 0) is 42.3 Å². The Balaban J connectivity index is 2.25. The number of carboxylic acids is 1. The number of aliphatic carboxylic acids is 1. The maximum absolute atomic E-state index is 11.7. The van der Waals surface area contributed by atoms with Gasteiger partial charge in [0.2, 0.25) is 0 Å². The lowest BCUT2D eigenvalue weighted by molar-refractivity contribution is -0.139. The molecular formula is C15H22BNO5. The van der Waals surface area contributed by atoms with E-state index in [1.165, 1.54) is 0 Å². The topological polar surface area (TPSA) is 113 Å². The van der Waals surface area contributed by atoms with Crippen LogP contribution >= 0.6 is 0 Å². The predicted octanol–water partition coefficient (Wildman–Crippen LogP) is 0.747. The number of hydrogen-bond acceptors (Lipinski definition) is 5. The van der Waals surface area contributed by atoms with E-state index in [1.807, 2.05) is 6.07 Å². The molecule has 0 heterocycles. The zero-order valence-electron chi connectivity index (χ0n) is 12.7. The highest BCUT2D eigenvalue weighted by Crippen LogP contribution is 2.43. The molecule has 7 heteroatoms. The molecular weight excluding hydrogens is 285 g/mol. The Kier molecular flexibility index (Phi) is 5.44. The van der Waals surface area contributed by atoms with Crippen LogP contribution in [0.2, 0.25) is 6.32 Å². The van der Waals surface area contributed by atoms with Crippen LogP contribution in [-0.2, 0) is 17.8 Å². The number of carbonyl (C=O) groups is 1. The van der Waals surface area contributed by atoms with Crippen molar-refractivity contribution in [3.05, 3.63) is 28.8 Å². The van der Waals surface area contributed by atoms with Gasteiger partial charge in [-0.15, -0.1) is 0 Å². The van der Waals surface area contributed by atoms with Crippen LogP contribution in [0.5, 0.6) is 5.75 Å². The van der Waals surface area contributed by atoms with E-state index in [0.717, 1.165) is 16.7 Å². The smallest absolute Gasteiger partial charge is 0.451 e. The molecule has 1 aromatic rings. The third kappa shape index (κ3) is 3.43. The minimum Gasteiger partial charge on any atom is -0.496 e. The zero-order chi connectivity index (χ0) is 16.3. The van der Waals surface area contributed by atoms with Gasteiger partial charge < -0.3 is 25.6 Å². The van der Waals surface area contributed by atoms with E-state index >= 15 is 0 Å². The largest absolute Gasteiger partial charge is 0.496 e. The van der Waals surface area contributed by atoms with E-state index in [9.17, 15) is 9.90 Å². The minimum absolute atomic E-state index is 0.0380. The molecule has 0 amide bonds. The molecule has 0 saturated carbocycles. The van der Waals surface area contributed by atoms with E-state index in [-0.39, 0.29) is 12.2 Å². The van der Waals surface area contributed by atoms with Crippen molar-refractivity contribution in [1.29, 1.82) is 0 Å². The molecule has 22 heavy (non-hydrogen) atoms. The number of fused-ring (bicyclic) bond motifs is 1. The first-order valence-electron chi connectivity index (χ1n) is 7.46. The minimum atomic E-state index is -1.34. The number of nitrogens with two attached hydrogens (primary N) is 1. The summed E-state index contributed by atoms with van der Waals surface area (Å²) in [4.78, 5) is 11.7. The van der Waals surface area contributed by atoms with Crippen LogP contribution in [0.4, 0.5) is 0 Å². The van der Waals surface area contributed by atoms with Gasteiger partial charge in [0.25, 0.3) is 0 Å². The summed E-state index contributed by atoms with van der Waals surface area (Å²) in [6.45, 7) is 0.343. The quantitative estimate of drug-likeness (QED) is 0.553. The molecule has 1 aliphatic rings. The highest BCUT2D eigenvalue weighted by atomic mass is 16.5. The van der Waals surface area contributed by atoms with Crippen LogP contribution in [0.3, 0.4) is 0 Å². The van der Waals surface area contributed by atoms with Gasteiger partial charge in [0.05, 0.1) is 13.0 Å². The van der Waals surface area contributed by atoms with Gasteiger partial charge in [0, 0.05) is 12.1 Å². The maximum Gasteiger partial charge on any atom is 0.451 e. The third-order valence-electron chi connectivity index (χ3n) is 4.35. The maximum atomic E-state index is 11.7. The molecule has 5 N–H and O–H groups in total. The number of methoxy groups -OCH3 is 1. The lowest BCUT2D eigenvalue weighted by atomic mass is 9.80. The normalized spacial score (nSPS) is 19.8. The first-order valence-corrected chi connectivity index (χ1v) is 7.46. The van der Waals surface area contributed by atoms with Crippen LogP contribution < -0.4 is 10.5 Å². The SMILES string of the molecule is COc1cc2c(cc1CN)C[C@H](CCCB(O)O)[C@@H]2C(=O)O. The Labute approximate surface area is 130 Å². The second kappa shape index (κ2) is 7.13. The van der Waals surface area contributed by atoms with Gasteiger partial charge in [0.1, 0.15) is 5.75 Å². The van der Waals surface area contributed by atoms with E-state index < -0.39 is 19.0 Å². The molecule has 0 aromatic heterocycles. The summed E-state index contributed by atoms with van der Waals surface area (Å²) in [5.41, 5.74) is 8.37. The number of ether oxygens (including phenoxy) is 1. The van der Waals surface area contributed by atoms with E-state index in [0.29, 0.717) is 31.6 Å². The standard InChI is InChI=1S/C15H22BNO5/c1-22-13-7-12-10(6-11(13)8-17)5-9(14(12)15(18)19)3-2-4-16(20)21/h6-7,9,14,20-21H,2-5,8,17H2,1H3,(H,18,19)/t9-,14-/m0/s1. The lowest BCUT2D eigenvalue weighted by Gasteiger charge is -2.16. The summed E-state index contributed by atoms with van der Waals surface area (Å²) >= 11 is 0. The number of benzene rings is 1. The predicted molar refractivity (Wildman–Crippen MR) is 82.7 cm³/mol. The summed E-state index contributed by atoms with van der Waals surface area (Å²) < 4.78 is 5.30. The summed E-state index contributed by atoms with van der Waals surface area (Å²) in [6.07, 6.45) is 2.16. The fourth-order valence-corrected chi connectivity index (χ4v) is 3.33. The summed E-state index contributed by atoms with van der Waals surface area (Å²) in [7, 11) is 0.210. The fourth-order valence-electron chi connectivity index (χ4n) is 3.33. The van der Waals surface area contributed by atoms with Crippen molar-refractivity contribution in [3.8, 4) is 5.75 Å². The Morgan fingerprint density at radius 1 is 1.45 bits per heavy atom. The van der Waals surface area contributed by atoms with Crippen LogP contribution in [0.1, 0.15) is 35.4 Å².